The molecule has 0 radical (unpaired) electrons. The predicted octanol–water partition coefficient (Wildman–Crippen LogP) is 1.35. The lowest BCUT2D eigenvalue weighted by molar-refractivity contribution is 0.0902. The minimum atomic E-state index is -0.444. The molecule has 5 heteroatoms. The van der Waals surface area contributed by atoms with Crippen molar-refractivity contribution >= 4 is 5.91 Å². The number of carbonyl (C=O) groups excluding carboxylic acids is 1. The van der Waals surface area contributed by atoms with Gasteiger partial charge in [-0.1, -0.05) is 18.9 Å². The van der Waals surface area contributed by atoms with Gasteiger partial charge in [0.25, 0.3) is 5.91 Å². The van der Waals surface area contributed by atoms with Gasteiger partial charge in [-0.2, -0.15) is 0 Å². The Bertz CT molecular complexity index is 442. The number of hydrogen-bond acceptors (Lipinski definition) is 4. The zero-order valence-corrected chi connectivity index (χ0v) is 10.8. The van der Waals surface area contributed by atoms with Gasteiger partial charge >= 0.3 is 0 Å². The molecular weight excluding hydrogens is 244 g/mol. The molecule has 2 atom stereocenters. The maximum atomic E-state index is 12.1. The van der Waals surface area contributed by atoms with Gasteiger partial charge in [0, 0.05) is 6.04 Å². The quantitative estimate of drug-likeness (QED) is 0.662. The lowest BCUT2D eigenvalue weighted by Gasteiger charge is -2.31. The molecule has 5 nitrogen and oxygen atoms in total. The van der Waals surface area contributed by atoms with Crippen LogP contribution >= 0.6 is 0 Å². The van der Waals surface area contributed by atoms with Gasteiger partial charge in [0.2, 0.25) is 0 Å². The van der Waals surface area contributed by atoms with Crippen LogP contribution in [-0.2, 0) is 0 Å². The largest absolute Gasteiger partial charge is 0.507 e. The summed E-state index contributed by atoms with van der Waals surface area (Å²) in [6.07, 6.45) is 4.10. The van der Waals surface area contributed by atoms with Crippen LogP contribution in [0.3, 0.4) is 0 Å². The van der Waals surface area contributed by atoms with Gasteiger partial charge in [-0.05, 0) is 37.4 Å². The molecule has 2 unspecified atom stereocenters. The average Bonchev–Trinajstić information content (AvgIpc) is 2.39. The standard InChI is InChI=1S/C14H20N2O3/c15-8-9-4-1-2-5-10(9)16-14(19)13-11(17)6-3-7-12(13)18/h3,6-7,9-10,17-18H,1-2,4-5,8,15H2,(H,16,19). The van der Waals surface area contributed by atoms with Crippen molar-refractivity contribution < 1.29 is 15.0 Å². The Balaban J connectivity index is 2.12. The van der Waals surface area contributed by atoms with E-state index in [0.29, 0.717) is 6.54 Å². The maximum Gasteiger partial charge on any atom is 0.259 e. The molecule has 104 valence electrons. The van der Waals surface area contributed by atoms with E-state index in [-0.39, 0.29) is 29.0 Å². The van der Waals surface area contributed by atoms with Crippen molar-refractivity contribution in [3.63, 3.8) is 0 Å². The van der Waals surface area contributed by atoms with Crippen molar-refractivity contribution in [3.8, 4) is 11.5 Å². The average molecular weight is 264 g/mol. The lowest BCUT2D eigenvalue weighted by atomic mass is 9.84. The minimum absolute atomic E-state index is 0.0188. The van der Waals surface area contributed by atoms with Crippen LogP contribution in [0.15, 0.2) is 18.2 Å². The Morgan fingerprint density at radius 1 is 1.26 bits per heavy atom. The highest BCUT2D eigenvalue weighted by molar-refractivity contribution is 5.99. The summed E-state index contributed by atoms with van der Waals surface area (Å²) in [5.74, 6) is -0.595. The Kier molecular flexibility index (Phi) is 4.27. The normalized spacial score (nSPS) is 23.0. The SMILES string of the molecule is NCC1CCCCC1NC(=O)c1c(O)cccc1O. The van der Waals surface area contributed by atoms with Crippen LogP contribution in [0.4, 0.5) is 0 Å². The van der Waals surface area contributed by atoms with Crippen molar-refractivity contribution in [2.75, 3.05) is 6.54 Å². The summed E-state index contributed by atoms with van der Waals surface area (Å²) < 4.78 is 0. The van der Waals surface area contributed by atoms with Crippen molar-refractivity contribution in [1.82, 2.24) is 5.32 Å². The second-order valence-electron chi connectivity index (χ2n) is 5.03. The molecule has 1 aromatic rings. The summed E-state index contributed by atoms with van der Waals surface area (Å²) in [5.41, 5.74) is 5.65. The molecule has 1 aliphatic rings. The van der Waals surface area contributed by atoms with E-state index in [1.165, 1.54) is 18.2 Å². The third-order valence-electron chi connectivity index (χ3n) is 3.78. The molecule has 0 saturated heterocycles. The minimum Gasteiger partial charge on any atom is -0.507 e. The first-order valence-electron chi connectivity index (χ1n) is 6.65. The molecule has 5 N–H and O–H groups in total. The number of phenols is 2. The summed E-state index contributed by atoms with van der Waals surface area (Å²) in [6.45, 7) is 0.539. The number of amides is 1. The first-order valence-corrected chi connectivity index (χ1v) is 6.65. The number of nitrogens with one attached hydrogen (secondary N) is 1. The van der Waals surface area contributed by atoms with Gasteiger partial charge in [-0.25, -0.2) is 0 Å². The summed E-state index contributed by atoms with van der Waals surface area (Å²) in [6, 6.07) is 4.28. The van der Waals surface area contributed by atoms with Crippen molar-refractivity contribution in [1.29, 1.82) is 0 Å². The molecule has 0 aliphatic heterocycles. The first-order chi connectivity index (χ1) is 9.13. The van der Waals surface area contributed by atoms with Gasteiger partial charge in [0.15, 0.2) is 0 Å². The highest BCUT2D eigenvalue weighted by atomic mass is 16.3. The second-order valence-corrected chi connectivity index (χ2v) is 5.03. The third-order valence-corrected chi connectivity index (χ3v) is 3.78. The Morgan fingerprint density at radius 3 is 2.53 bits per heavy atom. The molecular formula is C14H20N2O3. The van der Waals surface area contributed by atoms with E-state index in [9.17, 15) is 15.0 Å². The topological polar surface area (TPSA) is 95.6 Å². The van der Waals surface area contributed by atoms with Crippen LogP contribution in [0.25, 0.3) is 0 Å². The van der Waals surface area contributed by atoms with Crippen LogP contribution in [0.2, 0.25) is 0 Å². The van der Waals surface area contributed by atoms with Gasteiger partial charge in [0.05, 0.1) is 0 Å². The van der Waals surface area contributed by atoms with Crippen LogP contribution < -0.4 is 11.1 Å². The summed E-state index contributed by atoms with van der Waals surface area (Å²) >= 11 is 0. The smallest absolute Gasteiger partial charge is 0.259 e. The number of rotatable bonds is 3. The number of aromatic hydroxyl groups is 2. The van der Waals surface area contributed by atoms with E-state index < -0.39 is 5.91 Å². The zero-order valence-electron chi connectivity index (χ0n) is 10.8. The molecule has 0 heterocycles. The molecule has 0 spiro atoms. The fraction of sp³-hybridized carbons (Fsp3) is 0.500. The van der Waals surface area contributed by atoms with Crippen LogP contribution in [-0.4, -0.2) is 28.7 Å². The van der Waals surface area contributed by atoms with E-state index in [2.05, 4.69) is 5.32 Å². The molecule has 2 rings (SSSR count). The zero-order chi connectivity index (χ0) is 13.8. The molecule has 1 amide bonds. The van der Waals surface area contributed by atoms with Gasteiger partial charge < -0.3 is 21.3 Å². The van der Waals surface area contributed by atoms with E-state index in [1.807, 2.05) is 0 Å². The van der Waals surface area contributed by atoms with E-state index in [4.69, 9.17) is 5.73 Å². The van der Waals surface area contributed by atoms with E-state index in [0.717, 1.165) is 25.7 Å². The highest BCUT2D eigenvalue weighted by Gasteiger charge is 2.27. The number of phenolic OH excluding ortho intramolecular Hbond substituents is 2. The van der Waals surface area contributed by atoms with Gasteiger partial charge in [-0.3, -0.25) is 4.79 Å². The summed E-state index contributed by atoms with van der Waals surface area (Å²) in [5, 5.41) is 22.2. The number of nitrogens with two attached hydrogens (primary N) is 1. The van der Waals surface area contributed by atoms with Gasteiger partial charge in [-0.15, -0.1) is 0 Å². The van der Waals surface area contributed by atoms with Gasteiger partial charge in [0.1, 0.15) is 17.1 Å². The fourth-order valence-electron chi connectivity index (χ4n) is 2.68. The Hall–Kier alpha value is -1.75. The molecule has 0 aromatic heterocycles. The Morgan fingerprint density at radius 2 is 1.89 bits per heavy atom. The number of hydrogen-bond donors (Lipinski definition) is 4. The van der Waals surface area contributed by atoms with Crippen LogP contribution in [0, 0.1) is 5.92 Å². The maximum absolute atomic E-state index is 12.1. The molecule has 1 aliphatic carbocycles. The Labute approximate surface area is 112 Å². The molecule has 1 aromatic carbocycles. The predicted molar refractivity (Wildman–Crippen MR) is 72.0 cm³/mol. The summed E-state index contributed by atoms with van der Waals surface area (Å²) in [7, 11) is 0. The molecule has 0 bridgehead atoms. The molecule has 19 heavy (non-hydrogen) atoms. The van der Waals surface area contributed by atoms with E-state index >= 15 is 0 Å². The second kappa shape index (κ2) is 5.93. The lowest BCUT2D eigenvalue weighted by Crippen LogP contribution is -2.44. The fourth-order valence-corrected chi connectivity index (χ4v) is 2.68. The molecule has 1 fully saturated rings. The van der Waals surface area contributed by atoms with Crippen LogP contribution in [0.5, 0.6) is 11.5 Å². The van der Waals surface area contributed by atoms with Crippen molar-refractivity contribution in [3.05, 3.63) is 23.8 Å². The van der Waals surface area contributed by atoms with Crippen LogP contribution in [0.1, 0.15) is 36.0 Å². The summed E-state index contributed by atoms with van der Waals surface area (Å²) in [4.78, 5) is 12.1. The van der Waals surface area contributed by atoms with E-state index in [1.54, 1.807) is 0 Å². The monoisotopic (exact) mass is 264 g/mol. The number of carbonyl (C=O) groups is 1. The first kappa shape index (κ1) is 13.7. The third kappa shape index (κ3) is 2.98. The number of benzene rings is 1. The van der Waals surface area contributed by atoms with Crippen molar-refractivity contribution in [2.24, 2.45) is 11.7 Å². The highest BCUT2D eigenvalue weighted by Crippen LogP contribution is 2.28. The molecule has 1 saturated carbocycles. The van der Waals surface area contributed by atoms with Crippen molar-refractivity contribution in [2.45, 2.75) is 31.7 Å².